The van der Waals surface area contributed by atoms with Crippen LogP contribution in [-0.2, 0) is 0 Å². The smallest absolute Gasteiger partial charge is 0.125 e. The Morgan fingerprint density at radius 3 is 2.53 bits per heavy atom. The molecule has 2 aromatic carbocycles. The topological polar surface area (TPSA) is 21.3 Å². The lowest BCUT2D eigenvalue weighted by Gasteiger charge is -2.19. The molecule has 0 heterocycles. The molecule has 1 N–H and O–H groups in total. The predicted molar refractivity (Wildman–Crippen MR) is 79.5 cm³/mol. The monoisotopic (exact) mass is 261 g/mol. The Labute approximate surface area is 123 Å². The minimum Gasteiger partial charge on any atom is -0.486 e. The van der Waals surface area contributed by atoms with Crippen LogP contribution in [0.2, 0.25) is 0 Å². The molecule has 0 fully saturated rings. The van der Waals surface area contributed by atoms with Crippen molar-refractivity contribution in [2.75, 3.05) is 13.6 Å². The Hall–Kier alpha value is -1.80. The van der Waals surface area contributed by atoms with Crippen molar-refractivity contribution >= 4 is 0 Å². The fourth-order valence-corrected chi connectivity index (χ4v) is 1.60. The maximum Gasteiger partial charge on any atom is 0.125 e. The first-order valence-corrected chi connectivity index (χ1v) is 6.19. The molecule has 1 atom stereocenters. The van der Waals surface area contributed by atoms with Gasteiger partial charge >= 0.3 is 0 Å². The molecule has 0 aliphatic heterocycles. The summed E-state index contributed by atoms with van der Waals surface area (Å²) in [4.78, 5) is 0. The number of ether oxygens (including phenoxy) is 1. The van der Waals surface area contributed by atoms with Gasteiger partial charge in [-0.1, -0.05) is 47.9 Å². The van der Waals surface area contributed by atoms with Gasteiger partial charge in [0.1, 0.15) is 11.8 Å². The Morgan fingerprint density at radius 2 is 1.89 bits per heavy atom. The zero-order valence-corrected chi connectivity index (χ0v) is 11.1. The fraction of sp³-hybridized carbons (Fsp3) is 0.294. The zero-order chi connectivity index (χ0) is 18.8. The van der Waals surface area contributed by atoms with Crippen molar-refractivity contribution in [2.45, 2.75) is 19.4 Å². The Kier molecular flexibility index (Phi) is 2.82. The minimum atomic E-state index is -1.81. The third-order valence-corrected chi connectivity index (χ3v) is 2.64. The third kappa shape index (κ3) is 4.11. The van der Waals surface area contributed by atoms with E-state index < -0.39 is 36.3 Å². The number of hydrogen-bond acceptors (Lipinski definition) is 2. The van der Waals surface area contributed by atoms with Crippen LogP contribution in [0.15, 0.2) is 54.5 Å². The van der Waals surface area contributed by atoms with Gasteiger partial charge in [0.25, 0.3) is 0 Å². The van der Waals surface area contributed by atoms with E-state index in [1.165, 1.54) is 0 Å². The lowest BCUT2D eigenvalue weighted by atomic mass is 10.1. The summed E-state index contributed by atoms with van der Waals surface area (Å²) in [6.07, 6.45) is -1.70. The molecule has 0 amide bonds. The molecule has 2 rings (SSSR count). The van der Waals surface area contributed by atoms with Crippen molar-refractivity contribution in [3.63, 3.8) is 0 Å². The molecule has 0 spiro atoms. The third-order valence-electron chi connectivity index (χ3n) is 2.64. The van der Waals surface area contributed by atoms with E-state index in [-0.39, 0.29) is 12.0 Å². The fourth-order valence-electron chi connectivity index (χ4n) is 1.60. The lowest BCUT2D eigenvalue weighted by molar-refractivity contribution is 0.195. The summed E-state index contributed by atoms with van der Waals surface area (Å²) in [5.41, 5.74) is 0.871. The summed E-state index contributed by atoms with van der Waals surface area (Å²) in [7, 11) is 1.72. The average molecular weight is 261 g/mol. The van der Waals surface area contributed by atoms with Crippen LogP contribution in [0.3, 0.4) is 0 Å². The molecule has 0 saturated heterocycles. The molecule has 19 heavy (non-hydrogen) atoms. The van der Waals surface area contributed by atoms with Crippen LogP contribution in [0.5, 0.6) is 5.75 Å². The van der Waals surface area contributed by atoms with E-state index in [4.69, 9.17) is 13.0 Å². The van der Waals surface area contributed by atoms with E-state index in [1.54, 1.807) is 19.2 Å². The molecule has 0 radical (unpaired) electrons. The largest absolute Gasteiger partial charge is 0.486 e. The van der Waals surface area contributed by atoms with Gasteiger partial charge in [-0.25, -0.2) is 0 Å². The average Bonchev–Trinajstić information content (AvgIpc) is 2.58. The van der Waals surface area contributed by atoms with Crippen molar-refractivity contribution in [1.29, 1.82) is 0 Å². The van der Waals surface area contributed by atoms with Crippen molar-refractivity contribution in [3.05, 3.63) is 65.6 Å². The molecule has 0 saturated carbocycles. The van der Waals surface area contributed by atoms with Gasteiger partial charge in [0.05, 0.1) is 8.22 Å². The molecule has 2 nitrogen and oxygen atoms in total. The van der Waals surface area contributed by atoms with Gasteiger partial charge in [0.2, 0.25) is 0 Å². The maximum absolute atomic E-state index is 8.77. The molecular weight excluding hydrogens is 234 g/mol. The second kappa shape index (κ2) is 6.95. The van der Waals surface area contributed by atoms with Gasteiger partial charge in [-0.2, -0.15) is 0 Å². The van der Waals surface area contributed by atoms with Crippen LogP contribution in [0.25, 0.3) is 0 Å². The van der Waals surface area contributed by atoms with Gasteiger partial charge < -0.3 is 10.1 Å². The van der Waals surface area contributed by atoms with Crippen molar-refractivity contribution in [3.8, 4) is 5.75 Å². The molecule has 1 unspecified atom stereocenters. The Morgan fingerprint density at radius 1 is 1.21 bits per heavy atom. The molecule has 0 aromatic heterocycles. The van der Waals surface area contributed by atoms with Crippen molar-refractivity contribution < 1.29 is 13.0 Å². The first-order chi connectivity index (χ1) is 11.7. The number of benzene rings is 2. The second-order valence-corrected chi connectivity index (χ2v) is 4.19. The van der Waals surface area contributed by atoms with E-state index in [9.17, 15) is 0 Å². The molecule has 0 aliphatic carbocycles. The SMILES string of the molecule is [2H]c1c([2H])c([2H])c(C([2H])(CCNC)Oc2ccc(C)cc2)c([2H])c1[2H]. The molecule has 2 heteroatoms. The molecule has 2 aromatic rings. The van der Waals surface area contributed by atoms with Crippen molar-refractivity contribution in [2.24, 2.45) is 0 Å². The highest BCUT2D eigenvalue weighted by molar-refractivity contribution is 5.28. The summed E-state index contributed by atoms with van der Waals surface area (Å²) in [6, 6.07) is 4.82. The summed E-state index contributed by atoms with van der Waals surface area (Å²) >= 11 is 0. The van der Waals surface area contributed by atoms with Gasteiger partial charge in [-0.3, -0.25) is 0 Å². The van der Waals surface area contributed by atoms with Gasteiger partial charge in [0.15, 0.2) is 0 Å². The first-order valence-electron chi connectivity index (χ1n) is 9.19. The molecular formula is C17H21NO. The molecule has 0 aliphatic rings. The summed E-state index contributed by atoms with van der Waals surface area (Å²) in [6.45, 7) is 2.31. The van der Waals surface area contributed by atoms with E-state index in [0.29, 0.717) is 12.3 Å². The molecule has 100 valence electrons. The van der Waals surface area contributed by atoms with Gasteiger partial charge in [-0.15, -0.1) is 0 Å². The van der Waals surface area contributed by atoms with E-state index >= 15 is 0 Å². The van der Waals surface area contributed by atoms with Crippen LogP contribution in [-0.4, -0.2) is 13.6 Å². The second-order valence-electron chi connectivity index (χ2n) is 4.19. The van der Waals surface area contributed by atoms with E-state index in [2.05, 4.69) is 5.32 Å². The summed E-state index contributed by atoms with van der Waals surface area (Å²) in [5.74, 6) is 0.406. The number of rotatable bonds is 6. The zero-order valence-electron chi connectivity index (χ0n) is 17.1. The van der Waals surface area contributed by atoms with E-state index in [1.807, 2.05) is 19.1 Å². The number of nitrogens with one attached hydrogen (secondary N) is 1. The Balaban J connectivity index is 2.59. The predicted octanol–water partition coefficient (Wildman–Crippen LogP) is 3.72. The van der Waals surface area contributed by atoms with Crippen LogP contribution in [0.1, 0.15) is 31.9 Å². The highest BCUT2D eigenvalue weighted by atomic mass is 16.5. The lowest BCUT2D eigenvalue weighted by Crippen LogP contribution is -2.16. The van der Waals surface area contributed by atoms with Crippen LogP contribution >= 0.6 is 0 Å². The number of hydrogen-bond donors (Lipinski definition) is 1. The van der Waals surface area contributed by atoms with Crippen molar-refractivity contribution in [1.82, 2.24) is 5.32 Å². The van der Waals surface area contributed by atoms with Crippen LogP contribution in [0.4, 0.5) is 0 Å². The van der Waals surface area contributed by atoms with E-state index in [0.717, 1.165) is 5.56 Å². The summed E-state index contributed by atoms with van der Waals surface area (Å²) < 4.78 is 54.2. The quantitative estimate of drug-likeness (QED) is 0.855. The standard InChI is InChI=1S/C17H21NO/c1-14-8-10-16(11-9-14)19-17(12-13-18-2)15-6-4-3-5-7-15/h3-11,17-18H,12-13H2,1-2H3/i3D,4D,5D,6D,7D,17D. The van der Waals surface area contributed by atoms with Gasteiger partial charge in [-0.05, 0) is 38.2 Å². The van der Waals surface area contributed by atoms with Gasteiger partial charge in [0, 0.05) is 6.42 Å². The normalized spacial score (nSPS) is 18.2. The highest BCUT2D eigenvalue weighted by Gasteiger charge is 2.12. The maximum atomic E-state index is 8.77. The van der Waals surface area contributed by atoms with Crippen LogP contribution in [0, 0.1) is 6.92 Å². The Bertz CT molecular complexity index is 736. The minimum absolute atomic E-state index is 0.116. The van der Waals surface area contributed by atoms with Crippen LogP contribution < -0.4 is 10.1 Å². The summed E-state index contributed by atoms with van der Waals surface area (Å²) in [5, 5.41) is 2.91. The molecule has 0 bridgehead atoms. The first kappa shape index (κ1) is 7.71. The number of aryl methyl sites for hydroxylation is 1. The highest BCUT2D eigenvalue weighted by Crippen LogP contribution is 2.24.